The lowest BCUT2D eigenvalue weighted by Gasteiger charge is -2.20. The van der Waals surface area contributed by atoms with Crippen LogP contribution in [0.1, 0.15) is 15.9 Å². The van der Waals surface area contributed by atoms with Gasteiger partial charge in [0.2, 0.25) is 0 Å². The molecule has 1 aromatic rings. The van der Waals surface area contributed by atoms with Gasteiger partial charge in [-0.25, -0.2) is 0 Å². The number of aliphatic hydroxyl groups excluding tert-OH is 1. The average Bonchev–Trinajstić information content (AvgIpc) is 2.04. The second-order valence-corrected chi connectivity index (χ2v) is 2.85. The SMILES string of the molecule is O=C1NC(O)Cc2ccccc21. The smallest absolute Gasteiger partial charge is 0.253 e. The lowest BCUT2D eigenvalue weighted by molar-refractivity contribution is 0.0750. The van der Waals surface area contributed by atoms with Crippen molar-refractivity contribution >= 4 is 5.91 Å². The number of carbonyl (C=O) groups is 1. The maximum Gasteiger partial charge on any atom is 0.253 e. The Balaban J connectivity index is 2.47. The van der Waals surface area contributed by atoms with Crippen LogP contribution >= 0.6 is 0 Å². The third kappa shape index (κ3) is 1.08. The van der Waals surface area contributed by atoms with Gasteiger partial charge in [0.05, 0.1) is 0 Å². The molecule has 1 aromatic carbocycles. The zero-order chi connectivity index (χ0) is 8.55. The molecule has 0 aliphatic carbocycles. The van der Waals surface area contributed by atoms with Gasteiger partial charge < -0.3 is 10.4 Å². The molecule has 1 amide bonds. The van der Waals surface area contributed by atoms with Gasteiger partial charge in [0, 0.05) is 12.0 Å². The molecule has 1 aliphatic rings. The van der Waals surface area contributed by atoms with E-state index in [4.69, 9.17) is 0 Å². The van der Waals surface area contributed by atoms with E-state index in [1.165, 1.54) is 0 Å². The zero-order valence-electron chi connectivity index (χ0n) is 6.45. The highest BCUT2D eigenvalue weighted by Gasteiger charge is 2.21. The fraction of sp³-hybridized carbons (Fsp3) is 0.222. The minimum Gasteiger partial charge on any atom is -0.373 e. The number of rotatable bonds is 0. The van der Waals surface area contributed by atoms with E-state index >= 15 is 0 Å². The Labute approximate surface area is 70.0 Å². The molecule has 1 aliphatic heterocycles. The number of fused-ring (bicyclic) bond motifs is 1. The molecule has 0 saturated carbocycles. The fourth-order valence-corrected chi connectivity index (χ4v) is 1.41. The van der Waals surface area contributed by atoms with Gasteiger partial charge in [-0.2, -0.15) is 0 Å². The van der Waals surface area contributed by atoms with Crippen molar-refractivity contribution in [2.24, 2.45) is 0 Å². The van der Waals surface area contributed by atoms with E-state index in [0.29, 0.717) is 12.0 Å². The summed E-state index contributed by atoms with van der Waals surface area (Å²) in [7, 11) is 0. The molecular formula is C9H9NO2. The highest BCUT2D eigenvalue weighted by Crippen LogP contribution is 2.14. The molecule has 1 unspecified atom stereocenters. The van der Waals surface area contributed by atoms with Crippen molar-refractivity contribution in [3.8, 4) is 0 Å². The molecule has 0 spiro atoms. The molecule has 12 heavy (non-hydrogen) atoms. The number of carbonyl (C=O) groups excluding carboxylic acids is 1. The maximum absolute atomic E-state index is 11.2. The summed E-state index contributed by atoms with van der Waals surface area (Å²) in [6.07, 6.45) is -0.227. The molecule has 0 fully saturated rings. The topological polar surface area (TPSA) is 49.3 Å². The van der Waals surface area contributed by atoms with Gasteiger partial charge in [0.15, 0.2) is 0 Å². The summed E-state index contributed by atoms with van der Waals surface area (Å²) in [5.74, 6) is -0.190. The average molecular weight is 163 g/mol. The Morgan fingerprint density at radius 3 is 3.00 bits per heavy atom. The van der Waals surface area contributed by atoms with Crippen molar-refractivity contribution in [3.63, 3.8) is 0 Å². The predicted octanol–water partition coefficient (Wildman–Crippen LogP) is 0.291. The molecular weight excluding hydrogens is 154 g/mol. The molecule has 0 saturated heterocycles. The monoisotopic (exact) mass is 163 g/mol. The second kappa shape index (κ2) is 2.60. The third-order valence-electron chi connectivity index (χ3n) is 1.97. The number of amides is 1. The van der Waals surface area contributed by atoms with Crippen LogP contribution in [0, 0.1) is 0 Å². The Bertz CT molecular complexity index is 322. The molecule has 2 N–H and O–H groups in total. The molecule has 1 heterocycles. The second-order valence-electron chi connectivity index (χ2n) is 2.85. The first-order chi connectivity index (χ1) is 5.77. The van der Waals surface area contributed by atoms with E-state index in [1.807, 2.05) is 18.2 Å². The van der Waals surface area contributed by atoms with Crippen LogP contribution < -0.4 is 5.32 Å². The Hall–Kier alpha value is -1.35. The first-order valence-electron chi connectivity index (χ1n) is 3.84. The van der Waals surface area contributed by atoms with Crippen LogP contribution in [0.3, 0.4) is 0 Å². The number of nitrogens with one attached hydrogen (secondary N) is 1. The van der Waals surface area contributed by atoms with Crippen molar-refractivity contribution in [1.82, 2.24) is 5.32 Å². The third-order valence-corrected chi connectivity index (χ3v) is 1.97. The first-order valence-corrected chi connectivity index (χ1v) is 3.84. The largest absolute Gasteiger partial charge is 0.373 e. The van der Waals surface area contributed by atoms with E-state index in [0.717, 1.165) is 5.56 Å². The van der Waals surface area contributed by atoms with Gasteiger partial charge >= 0.3 is 0 Å². The van der Waals surface area contributed by atoms with E-state index in [1.54, 1.807) is 6.07 Å². The van der Waals surface area contributed by atoms with E-state index < -0.39 is 6.23 Å². The van der Waals surface area contributed by atoms with Crippen molar-refractivity contribution in [3.05, 3.63) is 35.4 Å². The van der Waals surface area contributed by atoms with Crippen LogP contribution in [-0.2, 0) is 6.42 Å². The lowest BCUT2D eigenvalue weighted by atomic mass is 10.00. The van der Waals surface area contributed by atoms with Gasteiger partial charge in [-0.05, 0) is 11.6 Å². The van der Waals surface area contributed by atoms with E-state index in [9.17, 15) is 9.90 Å². The Morgan fingerprint density at radius 2 is 2.17 bits per heavy atom. The minimum atomic E-state index is -0.729. The van der Waals surface area contributed by atoms with Crippen molar-refractivity contribution in [1.29, 1.82) is 0 Å². The van der Waals surface area contributed by atoms with E-state index in [-0.39, 0.29) is 5.91 Å². The Kier molecular flexibility index (Phi) is 1.59. The molecule has 2 rings (SSSR count). The first kappa shape index (κ1) is 7.31. The Morgan fingerprint density at radius 1 is 1.42 bits per heavy atom. The van der Waals surface area contributed by atoms with Crippen LogP contribution in [0.5, 0.6) is 0 Å². The van der Waals surface area contributed by atoms with Gasteiger partial charge in [0.25, 0.3) is 5.91 Å². The molecule has 3 heteroatoms. The maximum atomic E-state index is 11.2. The van der Waals surface area contributed by atoms with Crippen LogP contribution in [0.25, 0.3) is 0 Å². The summed E-state index contributed by atoms with van der Waals surface area (Å²) in [6.45, 7) is 0. The van der Waals surface area contributed by atoms with Crippen molar-refractivity contribution in [2.75, 3.05) is 0 Å². The summed E-state index contributed by atoms with van der Waals surface area (Å²) in [5.41, 5.74) is 1.58. The van der Waals surface area contributed by atoms with Crippen LogP contribution in [0.15, 0.2) is 24.3 Å². The predicted molar refractivity (Wildman–Crippen MR) is 43.6 cm³/mol. The number of hydrogen-bond acceptors (Lipinski definition) is 2. The van der Waals surface area contributed by atoms with Crippen LogP contribution in [0.2, 0.25) is 0 Å². The van der Waals surface area contributed by atoms with E-state index in [2.05, 4.69) is 5.32 Å². The van der Waals surface area contributed by atoms with Gasteiger partial charge in [-0.3, -0.25) is 4.79 Å². The van der Waals surface area contributed by atoms with Crippen LogP contribution in [-0.4, -0.2) is 17.2 Å². The van der Waals surface area contributed by atoms with Crippen LogP contribution in [0.4, 0.5) is 0 Å². The molecule has 62 valence electrons. The van der Waals surface area contributed by atoms with Crippen molar-refractivity contribution < 1.29 is 9.90 Å². The quantitative estimate of drug-likeness (QED) is 0.577. The summed E-state index contributed by atoms with van der Waals surface area (Å²) >= 11 is 0. The minimum absolute atomic E-state index is 0.190. The summed E-state index contributed by atoms with van der Waals surface area (Å²) in [6, 6.07) is 7.30. The van der Waals surface area contributed by atoms with Gasteiger partial charge in [0.1, 0.15) is 6.23 Å². The summed E-state index contributed by atoms with van der Waals surface area (Å²) < 4.78 is 0. The summed E-state index contributed by atoms with van der Waals surface area (Å²) in [5, 5.41) is 11.6. The number of aliphatic hydroxyl groups is 1. The zero-order valence-corrected chi connectivity index (χ0v) is 6.45. The number of benzene rings is 1. The lowest BCUT2D eigenvalue weighted by Crippen LogP contribution is -2.40. The normalized spacial score (nSPS) is 21.4. The van der Waals surface area contributed by atoms with Crippen molar-refractivity contribution in [2.45, 2.75) is 12.6 Å². The highest BCUT2D eigenvalue weighted by atomic mass is 16.3. The molecule has 0 bridgehead atoms. The molecule has 3 nitrogen and oxygen atoms in total. The molecule has 0 aromatic heterocycles. The summed E-state index contributed by atoms with van der Waals surface area (Å²) in [4.78, 5) is 11.2. The molecule has 1 atom stereocenters. The number of hydrogen-bond donors (Lipinski definition) is 2. The van der Waals surface area contributed by atoms with Gasteiger partial charge in [-0.15, -0.1) is 0 Å². The van der Waals surface area contributed by atoms with Gasteiger partial charge in [-0.1, -0.05) is 18.2 Å². The fourth-order valence-electron chi connectivity index (χ4n) is 1.41. The standard InChI is InChI=1S/C9H9NO2/c11-8-5-6-3-1-2-4-7(6)9(12)10-8/h1-4,8,11H,5H2,(H,10,12). The highest BCUT2D eigenvalue weighted by molar-refractivity contribution is 5.96. The molecule has 0 radical (unpaired) electrons.